The average molecular weight is 249 g/mol. The fraction of sp³-hybridized carbons (Fsp3) is 0.600. The molecule has 0 aliphatic rings. The van der Waals surface area contributed by atoms with Gasteiger partial charge >= 0.3 is 0 Å². The zero-order chi connectivity index (χ0) is 13.4. The molecule has 18 heavy (non-hydrogen) atoms. The van der Waals surface area contributed by atoms with Gasteiger partial charge in [-0.25, -0.2) is 4.98 Å². The minimum absolute atomic E-state index is 0.243. The molecule has 0 unspecified atom stereocenters. The van der Waals surface area contributed by atoms with Crippen LogP contribution in [-0.4, -0.2) is 17.9 Å². The number of pyridine rings is 1. The average Bonchev–Trinajstić information content (AvgIpc) is 2.37. The van der Waals surface area contributed by atoms with Crippen molar-refractivity contribution in [2.45, 2.75) is 51.9 Å². The molecule has 0 bridgehead atoms. The van der Waals surface area contributed by atoms with E-state index in [9.17, 15) is 4.79 Å². The van der Waals surface area contributed by atoms with Crippen molar-refractivity contribution >= 4 is 5.78 Å². The number of hydrogen-bond acceptors (Lipinski definition) is 3. The summed E-state index contributed by atoms with van der Waals surface area (Å²) in [5.74, 6) is 1.16. The molecule has 0 aliphatic carbocycles. The number of ketones is 1. The third kappa shape index (κ3) is 4.86. The first-order chi connectivity index (χ1) is 8.67. The Labute approximate surface area is 110 Å². The van der Waals surface area contributed by atoms with Gasteiger partial charge in [0.25, 0.3) is 0 Å². The molecule has 0 saturated carbocycles. The molecule has 0 spiro atoms. The Balaban J connectivity index is 2.69. The Morgan fingerprint density at radius 2 is 2.17 bits per heavy atom. The van der Waals surface area contributed by atoms with Crippen LogP contribution in [0.2, 0.25) is 0 Å². The summed E-state index contributed by atoms with van der Waals surface area (Å²) in [5.41, 5.74) is 1.14. The van der Waals surface area contributed by atoms with Gasteiger partial charge in [0, 0.05) is 18.7 Å². The van der Waals surface area contributed by atoms with E-state index in [0.29, 0.717) is 18.2 Å². The van der Waals surface area contributed by atoms with E-state index < -0.39 is 0 Å². The minimum atomic E-state index is 0.243. The van der Waals surface area contributed by atoms with Crippen molar-refractivity contribution in [1.82, 2.24) is 4.98 Å². The molecular formula is C15H23NO2. The van der Waals surface area contributed by atoms with Crippen LogP contribution in [0.3, 0.4) is 0 Å². The van der Waals surface area contributed by atoms with Gasteiger partial charge in [-0.05, 0) is 24.8 Å². The second kappa shape index (κ2) is 7.85. The molecule has 0 aliphatic heterocycles. The highest BCUT2D eigenvalue weighted by molar-refractivity contribution is 5.76. The summed E-state index contributed by atoms with van der Waals surface area (Å²) in [4.78, 5) is 15.6. The van der Waals surface area contributed by atoms with Crippen LogP contribution in [0.15, 0.2) is 18.3 Å². The molecule has 0 fully saturated rings. The van der Waals surface area contributed by atoms with E-state index in [2.05, 4.69) is 11.9 Å². The molecule has 0 amide bonds. The van der Waals surface area contributed by atoms with Gasteiger partial charge in [-0.2, -0.15) is 0 Å². The lowest BCUT2D eigenvalue weighted by atomic mass is 9.90. The zero-order valence-electron chi connectivity index (χ0n) is 11.6. The lowest BCUT2D eigenvalue weighted by molar-refractivity contribution is -0.117. The lowest BCUT2D eigenvalue weighted by Crippen LogP contribution is -2.05. The number of Topliss-reactive ketones (excluding diaryl/α,β-unsaturated/α-hetero) is 1. The largest absolute Gasteiger partial charge is 0.481 e. The number of methoxy groups -OCH3 is 1. The maximum Gasteiger partial charge on any atom is 0.212 e. The first-order valence-electron chi connectivity index (χ1n) is 6.66. The highest BCUT2D eigenvalue weighted by Gasteiger charge is 2.14. The smallest absolute Gasteiger partial charge is 0.212 e. The Morgan fingerprint density at radius 1 is 1.39 bits per heavy atom. The predicted molar refractivity (Wildman–Crippen MR) is 73.0 cm³/mol. The van der Waals surface area contributed by atoms with Crippen LogP contribution in [0.5, 0.6) is 5.88 Å². The van der Waals surface area contributed by atoms with Crippen molar-refractivity contribution in [2.24, 2.45) is 0 Å². The minimum Gasteiger partial charge on any atom is -0.481 e. The van der Waals surface area contributed by atoms with Crippen molar-refractivity contribution in [2.75, 3.05) is 7.11 Å². The Kier molecular flexibility index (Phi) is 6.40. The van der Waals surface area contributed by atoms with E-state index >= 15 is 0 Å². The van der Waals surface area contributed by atoms with Gasteiger partial charge in [-0.3, -0.25) is 0 Å². The molecule has 0 aromatic carbocycles. The van der Waals surface area contributed by atoms with Crippen molar-refractivity contribution in [3.8, 4) is 5.88 Å². The summed E-state index contributed by atoms with van der Waals surface area (Å²) in [6.07, 6.45) is 7.09. The van der Waals surface area contributed by atoms with Crippen LogP contribution >= 0.6 is 0 Å². The Morgan fingerprint density at radius 3 is 2.67 bits per heavy atom. The van der Waals surface area contributed by atoms with E-state index in [0.717, 1.165) is 12.0 Å². The first kappa shape index (κ1) is 14.7. The first-order valence-corrected chi connectivity index (χ1v) is 6.66. The number of carbonyl (C=O) groups excluding carboxylic acids is 1. The lowest BCUT2D eigenvalue weighted by Gasteiger charge is -2.15. The van der Waals surface area contributed by atoms with Gasteiger partial charge in [0.15, 0.2) is 0 Å². The summed E-state index contributed by atoms with van der Waals surface area (Å²) < 4.78 is 5.05. The van der Waals surface area contributed by atoms with Crippen molar-refractivity contribution in [1.29, 1.82) is 0 Å². The molecule has 0 radical (unpaired) electrons. The standard InChI is InChI=1S/C15H23NO2/c1-4-5-6-7-13(10-12(2)17)14-8-9-15(18-3)16-11-14/h8-9,11,13H,4-7,10H2,1-3H3/t13-/m0/s1. The van der Waals surface area contributed by atoms with Crippen LogP contribution in [0.4, 0.5) is 0 Å². The summed E-state index contributed by atoms with van der Waals surface area (Å²) >= 11 is 0. The number of unbranched alkanes of at least 4 members (excludes halogenated alkanes) is 2. The number of hydrogen-bond donors (Lipinski definition) is 0. The molecule has 100 valence electrons. The van der Waals surface area contributed by atoms with Crippen molar-refractivity contribution < 1.29 is 9.53 Å². The van der Waals surface area contributed by atoms with Gasteiger partial charge in [0.1, 0.15) is 5.78 Å². The van der Waals surface area contributed by atoms with E-state index in [1.165, 1.54) is 19.3 Å². The van der Waals surface area contributed by atoms with E-state index in [4.69, 9.17) is 4.74 Å². The van der Waals surface area contributed by atoms with E-state index in [1.807, 2.05) is 18.3 Å². The second-order valence-electron chi connectivity index (χ2n) is 4.73. The Hall–Kier alpha value is -1.38. The highest BCUT2D eigenvalue weighted by atomic mass is 16.5. The molecule has 1 atom stereocenters. The molecule has 1 aromatic heterocycles. The fourth-order valence-electron chi connectivity index (χ4n) is 2.13. The van der Waals surface area contributed by atoms with Gasteiger partial charge in [0.05, 0.1) is 7.11 Å². The van der Waals surface area contributed by atoms with Crippen LogP contribution in [0.1, 0.15) is 57.4 Å². The molecular weight excluding hydrogens is 226 g/mol. The van der Waals surface area contributed by atoms with Crippen LogP contribution in [0, 0.1) is 0 Å². The monoisotopic (exact) mass is 249 g/mol. The Bertz CT molecular complexity index is 359. The number of aromatic nitrogens is 1. The molecule has 3 nitrogen and oxygen atoms in total. The highest BCUT2D eigenvalue weighted by Crippen LogP contribution is 2.26. The van der Waals surface area contributed by atoms with Gasteiger partial charge in [-0.15, -0.1) is 0 Å². The maximum atomic E-state index is 11.3. The second-order valence-corrected chi connectivity index (χ2v) is 4.73. The van der Waals surface area contributed by atoms with Gasteiger partial charge < -0.3 is 9.53 Å². The number of nitrogens with zero attached hydrogens (tertiary/aromatic N) is 1. The zero-order valence-corrected chi connectivity index (χ0v) is 11.6. The van der Waals surface area contributed by atoms with Gasteiger partial charge in [-0.1, -0.05) is 32.3 Å². The SMILES string of the molecule is CCCCC[C@@H](CC(C)=O)c1ccc(OC)nc1. The summed E-state index contributed by atoms with van der Waals surface area (Å²) in [6, 6.07) is 3.88. The van der Waals surface area contributed by atoms with Crippen LogP contribution < -0.4 is 4.74 Å². The fourth-order valence-corrected chi connectivity index (χ4v) is 2.13. The number of rotatable bonds is 8. The predicted octanol–water partition coefficient (Wildman–Crippen LogP) is 3.73. The summed E-state index contributed by atoms with van der Waals surface area (Å²) in [6.45, 7) is 3.85. The topological polar surface area (TPSA) is 39.2 Å². The molecule has 1 aromatic rings. The van der Waals surface area contributed by atoms with E-state index in [1.54, 1.807) is 14.0 Å². The maximum absolute atomic E-state index is 11.3. The molecule has 0 N–H and O–H groups in total. The number of ether oxygens (including phenoxy) is 1. The summed E-state index contributed by atoms with van der Waals surface area (Å²) in [7, 11) is 1.61. The molecule has 1 rings (SSSR count). The third-order valence-electron chi connectivity index (χ3n) is 3.13. The molecule has 1 heterocycles. The number of carbonyl (C=O) groups is 1. The van der Waals surface area contributed by atoms with Crippen LogP contribution in [-0.2, 0) is 4.79 Å². The molecule has 0 saturated heterocycles. The van der Waals surface area contributed by atoms with Gasteiger partial charge in [0.2, 0.25) is 5.88 Å². The molecule has 3 heteroatoms. The summed E-state index contributed by atoms with van der Waals surface area (Å²) in [5, 5.41) is 0. The third-order valence-corrected chi connectivity index (χ3v) is 3.13. The van der Waals surface area contributed by atoms with Crippen molar-refractivity contribution in [3.05, 3.63) is 23.9 Å². The quantitative estimate of drug-likeness (QED) is 0.659. The normalized spacial score (nSPS) is 12.2. The van der Waals surface area contributed by atoms with Crippen LogP contribution in [0.25, 0.3) is 0 Å². The van der Waals surface area contributed by atoms with E-state index in [-0.39, 0.29) is 5.78 Å². The van der Waals surface area contributed by atoms with Crippen molar-refractivity contribution in [3.63, 3.8) is 0 Å².